The number of aromatic nitrogens is 4. The molecule has 0 spiro atoms. The molecule has 1 aliphatic carbocycles. The molecule has 0 bridgehead atoms. The fourth-order valence-corrected chi connectivity index (χ4v) is 8.49. The van der Waals surface area contributed by atoms with Gasteiger partial charge in [0.25, 0.3) is 0 Å². The topological polar surface area (TPSA) is 43.6 Å². The summed E-state index contributed by atoms with van der Waals surface area (Å²) in [5, 5.41) is 7.28. The van der Waals surface area contributed by atoms with Crippen molar-refractivity contribution >= 4 is 43.4 Å². The predicted molar refractivity (Wildman–Crippen MR) is 221 cm³/mol. The summed E-state index contributed by atoms with van der Waals surface area (Å²) >= 11 is 0. The van der Waals surface area contributed by atoms with Gasteiger partial charge < -0.3 is 4.57 Å². The molecule has 2 aromatic heterocycles. The first-order chi connectivity index (χ1) is 25.7. The first-order valence-electron chi connectivity index (χ1n) is 18.7. The summed E-state index contributed by atoms with van der Waals surface area (Å²) in [6.45, 7) is 9.62. The van der Waals surface area contributed by atoms with Crippen LogP contribution in [0.4, 0.5) is 0 Å². The second-order valence-corrected chi connectivity index (χ2v) is 16.0. The molecule has 1 aliphatic rings. The molecule has 0 saturated carbocycles. The SMILES string of the molecule is CC1(C)CCC(C)(C)c2cc3c(cc21)c1ccccc1n3-c1ccc(-c2nc(-c3ccc4ccccc4c3)nc(-c3ccc4ccccc4c3)n2)cc1. The first kappa shape index (κ1) is 31.6. The summed E-state index contributed by atoms with van der Waals surface area (Å²) in [5.41, 5.74) is 9.67. The molecule has 2 heterocycles. The van der Waals surface area contributed by atoms with Crippen molar-refractivity contribution in [2.75, 3.05) is 0 Å². The van der Waals surface area contributed by atoms with Gasteiger partial charge in [-0.25, -0.2) is 15.0 Å². The Hall–Kier alpha value is -6.13. The number of rotatable bonds is 4. The molecule has 53 heavy (non-hydrogen) atoms. The van der Waals surface area contributed by atoms with Crippen LogP contribution in [-0.4, -0.2) is 19.5 Å². The standard InChI is InChI=1S/C49H40N4/c1-48(2)25-26-49(3,4)42-30-44-40(29-41(42)48)39-15-9-10-16-43(39)53(44)38-23-21-33(22-24-38)45-50-46(36-19-17-31-11-5-7-13-34(31)27-36)52-47(51-45)37-20-18-32-12-6-8-14-35(32)28-37/h5-24,27-30H,25-26H2,1-4H3. The maximum atomic E-state index is 5.11. The molecule has 0 fully saturated rings. The van der Waals surface area contributed by atoms with E-state index in [0.29, 0.717) is 17.5 Å². The summed E-state index contributed by atoms with van der Waals surface area (Å²) in [6.07, 6.45) is 2.38. The molecule has 0 amide bonds. The number of para-hydroxylation sites is 1. The summed E-state index contributed by atoms with van der Waals surface area (Å²) in [4.78, 5) is 15.3. The van der Waals surface area contributed by atoms with E-state index in [9.17, 15) is 0 Å². The third-order valence-electron chi connectivity index (χ3n) is 11.7. The van der Waals surface area contributed by atoms with Gasteiger partial charge in [0.15, 0.2) is 17.5 Å². The van der Waals surface area contributed by atoms with Gasteiger partial charge in [0.2, 0.25) is 0 Å². The molecule has 9 aromatic rings. The van der Waals surface area contributed by atoms with Crippen molar-refractivity contribution in [3.05, 3.63) is 157 Å². The van der Waals surface area contributed by atoms with E-state index in [4.69, 9.17) is 15.0 Å². The second kappa shape index (κ2) is 11.7. The molecule has 4 heteroatoms. The maximum absolute atomic E-state index is 5.11. The van der Waals surface area contributed by atoms with Crippen LogP contribution in [0.25, 0.3) is 83.2 Å². The van der Waals surface area contributed by atoms with Gasteiger partial charge in [-0.3, -0.25) is 0 Å². The number of hydrogen-bond donors (Lipinski definition) is 0. The van der Waals surface area contributed by atoms with E-state index in [1.165, 1.54) is 56.5 Å². The molecule has 0 unspecified atom stereocenters. The van der Waals surface area contributed by atoms with Gasteiger partial charge in [-0.1, -0.05) is 119 Å². The lowest BCUT2D eigenvalue weighted by molar-refractivity contribution is 0.332. The van der Waals surface area contributed by atoms with Crippen LogP contribution in [0.15, 0.2) is 146 Å². The molecular formula is C49H40N4. The third-order valence-corrected chi connectivity index (χ3v) is 11.7. The van der Waals surface area contributed by atoms with Gasteiger partial charge >= 0.3 is 0 Å². The minimum atomic E-state index is 0.119. The van der Waals surface area contributed by atoms with E-state index < -0.39 is 0 Å². The highest BCUT2D eigenvalue weighted by Gasteiger charge is 2.37. The number of nitrogens with zero attached hydrogens (tertiary/aromatic N) is 4. The Morgan fingerprint density at radius 2 is 0.887 bits per heavy atom. The lowest BCUT2D eigenvalue weighted by atomic mass is 9.63. The van der Waals surface area contributed by atoms with E-state index in [1.54, 1.807) is 0 Å². The van der Waals surface area contributed by atoms with Crippen LogP contribution in [0.3, 0.4) is 0 Å². The van der Waals surface area contributed by atoms with E-state index in [-0.39, 0.29) is 10.8 Å². The van der Waals surface area contributed by atoms with Crippen molar-refractivity contribution in [1.29, 1.82) is 0 Å². The van der Waals surface area contributed by atoms with Gasteiger partial charge in [0.05, 0.1) is 11.0 Å². The predicted octanol–water partition coefficient (Wildman–Crippen LogP) is 12.6. The zero-order valence-corrected chi connectivity index (χ0v) is 30.6. The molecule has 256 valence electrons. The summed E-state index contributed by atoms with van der Waals surface area (Å²) < 4.78 is 2.43. The molecule has 0 N–H and O–H groups in total. The average molecular weight is 685 g/mol. The second-order valence-electron chi connectivity index (χ2n) is 16.0. The van der Waals surface area contributed by atoms with E-state index >= 15 is 0 Å². The Kier molecular flexibility index (Phi) is 6.97. The fourth-order valence-electron chi connectivity index (χ4n) is 8.49. The van der Waals surface area contributed by atoms with Crippen LogP contribution >= 0.6 is 0 Å². The van der Waals surface area contributed by atoms with Gasteiger partial charge in [-0.2, -0.15) is 0 Å². The fraction of sp³-hybridized carbons (Fsp3) is 0.163. The zero-order chi connectivity index (χ0) is 35.9. The van der Waals surface area contributed by atoms with Crippen molar-refractivity contribution in [3.8, 4) is 39.9 Å². The van der Waals surface area contributed by atoms with Gasteiger partial charge in [0, 0.05) is 33.2 Å². The summed E-state index contributed by atoms with van der Waals surface area (Å²) in [6, 6.07) is 52.2. The van der Waals surface area contributed by atoms with Crippen LogP contribution in [-0.2, 0) is 10.8 Å². The maximum Gasteiger partial charge on any atom is 0.164 e. The summed E-state index contributed by atoms with van der Waals surface area (Å²) in [5.74, 6) is 1.97. The number of benzene rings is 7. The molecule has 4 nitrogen and oxygen atoms in total. The van der Waals surface area contributed by atoms with Crippen LogP contribution in [0.5, 0.6) is 0 Å². The van der Waals surface area contributed by atoms with E-state index in [1.807, 2.05) is 0 Å². The lowest BCUT2D eigenvalue weighted by Gasteiger charge is -2.42. The molecule has 0 aliphatic heterocycles. The Labute approximate surface area is 309 Å². The normalized spacial score (nSPS) is 14.9. The number of hydrogen-bond acceptors (Lipinski definition) is 3. The average Bonchev–Trinajstić information content (AvgIpc) is 3.52. The third kappa shape index (κ3) is 5.23. The minimum Gasteiger partial charge on any atom is -0.309 e. The minimum absolute atomic E-state index is 0.119. The molecule has 10 rings (SSSR count). The largest absolute Gasteiger partial charge is 0.309 e. The van der Waals surface area contributed by atoms with Gasteiger partial charge in [0.1, 0.15) is 0 Å². The van der Waals surface area contributed by atoms with Crippen molar-refractivity contribution in [3.63, 3.8) is 0 Å². The Balaban J connectivity index is 1.13. The Bertz CT molecular complexity index is 2800. The Morgan fingerprint density at radius 3 is 1.47 bits per heavy atom. The highest BCUT2D eigenvalue weighted by Crippen LogP contribution is 2.48. The molecule has 7 aromatic carbocycles. The highest BCUT2D eigenvalue weighted by atomic mass is 15.0. The monoisotopic (exact) mass is 684 g/mol. The first-order valence-corrected chi connectivity index (χ1v) is 18.7. The Morgan fingerprint density at radius 1 is 0.415 bits per heavy atom. The van der Waals surface area contributed by atoms with Crippen molar-refractivity contribution < 1.29 is 0 Å². The molecular weight excluding hydrogens is 645 g/mol. The molecule has 0 radical (unpaired) electrons. The van der Waals surface area contributed by atoms with E-state index in [2.05, 4.69) is 178 Å². The zero-order valence-electron chi connectivity index (χ0n) is 30.6. The van der Waals surface area contributed by atoms with Crippen LogP contribution in [0.2, 0.25) is 0 Å². The van der Waals surface area contributed by atoms with Crippen LogP contribution in [0, 0.1) is 0 Å². The summed E-state index contributed by atoms with van der Waals surface area (Å²) in [7, 11) is 0. The molecule has 0 saturated heterocycles. The van der Waals surface area contributed by atoms with Crippen molar-refractivity contribution in [2.45, 2.75) is 51.4 Å². The van der Waals surface area contributed by atoms with Crippen LogP contribution < -0.4 is 0 Å². The smallest absolute Gasteiger partial charge is 0.164 e. The lowest BCUT2D eigenvalue weighted by Crippen LogP contribution is -2.33. The highest BCUT2D eigenvalue weighted by molar-refractivity contribution is 6.10. The van der Waals surface area contributed by atoms with E-state index in [0.717, 1.165) is 33.2 Å². The van der Waals surface area contributed by atoms with Gasteiger partial charge in [-0.15, -0.1) is 0 Å². The van der Waals surface area contributed by atoms with Crippen molar-refractivity contribution in [2.24, 2.45) is 0 Å². The number of fused-ring (bicyclic) bond motifs is 6. The van der Waals surface area contributed by atoms with Crippen LogP contribution in [0.1, 0.15) is 51.7 Å². The quantitative estimate of drug-likeness (QED) is 0.185. The molecule has 0 atom stereocenters. The van der Waals surface area contributed by atoms with Gasteiger partial charge in [-0.05, 0) is 111 Å². The van der Waals surface area contributed by atoms with Crippen molar-refractivity contribution in [1.82, 2.24) is 19.5 Å².